The monoisotopic (exact) mass is 311 g/mol. The second-order valence-corrected chi connectivity index (χ2v) is 7.36. The summed E-state index contributed by atoms with van der Waals surface area (Å²) in [4.78, 5) is 2.52. The van der Waals surface area contributed by atoms with Crippen molar-refractivity contribution >= 4 is 15.7 Å². The first-order valence-corrected chi connectivity index (χ1v) is 9.03. The number of nitrogens with one attached hydrogen (secondary N) is 2. The van der Waals surface area contributed by atoms with Crippen LogP contribution in [-0.4, -0.2) is 41.6 Å². The van der Waals surface area contributed by atoms with Gasteiger partial charge in [0.15, 0.2) is 0 Å². The maximum atomic E-state index is 11.9. The lowest BCUT2D eigenvalue weighted by atomic mass is 9.99. The molecule has 1 unspecified atom stereocenters. The number of sulfonamides is 1. The van der Waals surface area contributed by atoms with E-state index in [1.165, 1.54) is 12.8 Å². The number of rotatable bonds is 6. The van der Waals surface area contributed by atoms with Crippen LogP contribution in [0.5, 0.6) is 0 Å². The summed E-state index contributed by atoms with van der Waals surface area (Å²) in [6, 6.07) is 7.09. The number of nitrogens with zero attached hydrogens (tertiary/aromatic N) is 1. The molecule has 118 valence electrons. The second kappa shape index (κ2) is 7.24. The van der Waals surface area contributed by atoms with E-state index >= 15 is 0 Å². The summed E-state index contributed by atoms with van der Waals surface area (Å²) in [7, 11) is -1.30. The summed E-state index contributed by atoms with van der Waals surface area (Å²) in [6.07, 6.45) is 2.49. The highest BCUT2D eigenvalue weighted by Gasteiger charge is 2.16. The van der Waals surface area contributed by atoms with Crippen molar-refractivity contribution < 1.29 is 8.42 Å². The first-order valence-electron chi connectivity index (χ1n) is 7.54. The van der Waals surface area contributed by atoms with Crippen LogP contribution in [0.25, 0.3) is 0 Å². The molecule has 0 radical (unpaired) electrons. The molecule has 1 aromatic carbocycles. The third kappa shape index (κ3) is 4.43. The Morgan fingerprint density at radius 3 is 2.62 bits per heavy atom. The van der Waals surface area contributed by atoms with Crippen LogP contribution in [0.1, 0.15) is 19.8 Å². The number of hydrogen-bond acceptors (Lipinski definition) is 4. The lowest BCUT2D eigenvalue weighted by Crippen LogP contribution is -2.36. The largest absolute Gasteiger partial charge is 0.374 e. The minimum absolute atomic E-state index is 0.320. The Hall–Kier alpha value is -1.11. The molecule has 1 aliphatic rings. The molecule has 5 nitrogen and oxygen atoms in total. The average molecular weight is 311 g/mol. The molecule has 0 spiro atoms. The van der Waals surface area contributed by atoms with Crippen molar-refractivity contribution in [3.63, 3.8) is 0 Å². The maximum Gasteiger partial charge on any atom is 0.240 e. The molecule has 6 heteroatoms. The van der Waals surface area contributed by atoms with Crippen molar-refractivity contribution in [1.29, 1.82) is 0 Å². The molecule has 1 saturated heterocycles. The summed E-state index contributed by atoms with van der Waals surface area (Å²) >= 11 is 0. The summed E-state index contributed by atoms with van der Waals surface area (Å²) < 4.78 is 26.3. The molecule has 0 amide bonds. The van der Waals surface area contributed by atoms with E-state index in [1.54, 1.807) is 19.1 Å². The van der Waals surface area contributed by atoms with Crippen LogP contribution in [0, 0.1) is 5.92 Å². The molecule has 1 atom stereocenters. The van der Waals surface area contributed by atoms with Gasteiger partial charge in [0.05, 0.1) is 4.90 Å². The molecule has 1 heterocycles. The van der Waals surface area contributed by atoms with Crippen molar-refractivity contribution in [3.8, 4) is 0 Å². The Morgan fingerprint density at radius 2 is 2.05 bits per heavy atom. The van der Waals surface area contributed by atoms with Crippen molar-refractivity contribution in [2.24, 2.45) is 5.92 Å². The van der Waals surface area contributed by atoms with E-state index in [4.69, 9.17) is 0 Å². The van der Waals surface area contributed by atoms with Gasteiger partial charge in [-0.05, 0) is 56.1 Å². The fourth-order valence-electron chi connectivity index (χ4n) is 2.73. The smallest absolute Gasteiger partial charge is 0.240 e. The van der Waals surface area contributed by atoms with Crippen LogP contribution < -0.4 is 14.9 Å². The van der Waals surface area contributed by atoms with Gasteiger partial charge in [-0.15, -0.1) is 0 Å². The highest BCUT2D eigenvalue weighted by Crippen LogP contribution is 2.19. The molecule has 1 aliphatic heterocycles. The molecule has 0 aromatic heterocycles. The van der Waals surface area contributed by atoms with Gasteiger partial charge >= 0.3 is 0 Å². The van der Waals surface area contributed by atoms with Crippen LogP contribution >= 0.6 is 0 Å². The van der Waals surface area contributed by atoms with Gasteiger partial charge in [0.25, 0.3) is 0 Å². The Bertz CT molecular complexity index is 537. The standard InChI is InChI=1S/C15H25N3O2S/c1-3-17-21(19,20)15-8-6-14(7-9-15)18(2)12-13-5-4-10-16-11-13/h6-9,13,16-17H,3-5,10-12H2,1-2H3. The topological polar surface area (TPSA) is 61.4 Å². The molecular weight excluding hydrogens is 286 g/mol. The summed E-state index contributed by atoms with van der Waals surface area (Å²) in [5.41, 5.74) is 1.05. The zero-order valence-electron chi connectivity index (χ0n) is 12.8. The third-order valence-electron chi connectivity index (χ3n) is 3.85. The molecule has 2 N–H and O–H groups in total. The number of anilines is 1. The molecule has 0 saturated carbocycles. The number of hydrogen-bond donors (Lipinski definition) is 2. The molecular formula is C15H25N3O2S. The normalized spacial score (nSPS) is 19.4. The minimum atomic E-state index is -3.36. The van der Waals surface area contributed by atoms with Crippen molar-refractivity contribution in [1.82, 2.24) is 10.0 Å². The van der Waals surface area contributed by atoms with Crippen molar-refractivity contribution in [2.45, 2.75) is 24.7 Å². The van der Waals surface area contributed by atoms with Gasteiger partial charge in [-0.2, -0.15) is 0 Å². The van der Waals surface area contributed by atoms with Crippen molar-refractivity contribution in [3.05, 3.63) is 24.3 Å². The molecule has 1 fully saturated rings. The van der Waals surface area contributed by atoms with Crippen LogP contribution in [0.3, 0.4) is 0 Å². The SMILES string of the molecule is CCNS(=O)(=O)c1ccc(N(C)CC2CCCNC2)cc1. The van der Waals surface area contributed by atoms with Crippen LogP contribution in [0.4, 0.5) is 5.69 Å². The first kappa shape index (κ1) is 16.3. The minimum Gasteiger partial charge on any atom is -0.374 e. The molecule has 0 aliphatic carbocycles. The summed E-state index contributed by atoms with van der Waals surface area (Å²) in [5, 5.41) is 3.42. The molecule has 0 bridgehead atoms. The number of piperidine rings is 1. The molecule has 2 rings (SSSR count). The maximum absolute atomic E-state index is 11.9. The number of benzene rings is 1. The fourth-order valence-corrected chi connectivity index (χ4v) is 3.77. The Balaban J connectivity index is 2.01. The van der Waals surface area contributed by atoms with Crippen LogP contribution in [0.2, 0.25) is 0 Å². The van der Waals surface area contributed by atoms with Gasteiger partial charge in [0.1, 0.15) is 0 Å². The van der Waals surface area contributed by atoms with Crippen LogP contribution in [-0.2, 0) is 10.0 Å². The van der Waals surface area contributed by atoms with E-state index in [1.807, 2.05) is 12.1 Å². The lowest BCUT2D eigenvalue weighted by Gasteiger charge is -2.29. The molecule has 21 heavy (non-hydrogen) atoms. The van der Waals surface area contributed by atoms with E-state index in [-0.39, 0.29) is 0 Å². The van der Waals surface area contributed by atoms with Crippen molar-refractivity contribution in [2.75, 3.05) is 38.1 Å². The Kier molecular flexibility index (Phi) is 5.61. The zero-order chi connectivity index (χ0) is 15.3. The Labute approximate surface area is 127 Å². The predicted molar refractivity (Wildman–Crippen MR) is 86.2 cm³/mol. The summed E-state index contributed by atoms with van der Waals surface area (Å²) in [5.74, 6) is 0.661. The zero-order valence-corrected chi connectivity index (χ0v) is 13.6. The first-order chi connectivity index (χ1) is 10.0. The average Bonchev–Trinajstić information content (AvgIpc) is 2.48. The van der Waals surface area contributed by atoms with Gasteiger partial charge in [-0.3, -0.25) is 0 Å². The van der Waals surface area contributed by atoms with E-state index in [2.05, 4.69) is 22.0 Å². The predicted octanol–water partition coefficient (Wildman–Crippen LogP) is 1.42. The highest BCUT2D eigenvalue weighted by atomic mass is 32.2. The Morgan fingerprint density at radius 1 is 1.33 bits per heavy atom. The summed E-state index contributed by atoms with van der Waals surface area (Å²) in [6.45, 7) is 5.36. The molecule has 1 aromatic rings. The fraction of sp³-hybridized carbons (Fsp3) is 0.600. The van der Waals surface area contributed by atoms with E-state index < -0.39 is 10.0 Å². The highest BCUT2D eigenvalue weighted by molar-refractivity contribution is 7.89. The van der Waals surface area contributed by atoms with Gasteiger partial charge < -0.3 is 10.2 Å². The second-order valence-electron chi connectivity index (χ2n) is 5.59. The van der Waals surface area contributed by atoms with E-state index in [9.17, 15) is 8.42 Å². The lowest BCUT2D eigenvalue weighted by molar-refractivity contribution is 0.381. The van der Waals surface area contributed by atoms with E-state index in [0.717, 1.165) is 25.3 Å². The van der Waals surface area contributed by atoms with Gasteiger partial charge in [0.2, 0.25) is 10.0 Å². The van der Waals surface area contributed by atoms with E-state index in [0.29, 0.717) is 17.4 Å². The van der Waals surface area contributed by atoms with Gasteiger partial charge in [-0.25, -0.2) is 13.1 Å². The van der Waals surface area contributed by atoms with Gasteiger partial charge in [0, 0.05) is 25.8 Å². The van der Waals surface area contributed by atoms with Gasteiger partial charge in [-0.1, -0.05) is 6.92 Å². The van der Waals surface area contributed by atoms with Crippen LogP contribution in [0.15, 0.2) is 29.2 Å². The quantitative estimate of drug-likeness (QED) is 0.834. The third-order valence-corrected chi connectivity index (χ3v) is 5.41.